The molecule has 152 valence electrons. The normalized spacial score (nSPS) is 16.4. The van der Waals surface area contributed by atoms with Crippen molar-refractivity contribution in [2.75, 3.05) is 13.6 Å². The lowest BCUT2D eigenvalue weighted by Crippen LogP contribution is -2.41. The average molecular weight is 394 g/mol. The van der Waals surface area contributed by atoms with Gasteiger partial charge in [-0.3, -0.25) is 19.4 Å². The molecule has 0 saturated carbocycles. The van der Waals surface area contributed by atoms with Crippen LogP contribution in [0.3, 0.4) is 0 Å². The molecule has 0 spiro atoms. The Morgan fingerprint density at radius 1 is 1.28 bits per heavy atom. The van der Waals surface area contributed by atoms with Gasteiger partial charge >= 0.3 is 0 Å². The van der Waals surface area contributed by atoms with Gasteiger partial charge in [0.1, 0.15) is 5.82 Å². The third-order valence-electron chi connectivity index (χ3n) is 5.19. The molecule has 1 atom stereocenters. The van der Waals surface area contributed by atoms with E-state index in [9.17, 15) is 4.79 Å². The quantitative estimate of drug-likeness (QED) is 0.671. The number of likely N-dealkylation sites (N-methyl/N-ethyl adjacent to an activating group) is 1. The first-order chi connectivity index (χ1) is 14.1. The highest BCUT2D eigenvalue weighted by Crippen LogP contribution is 2.22. The average Bonchev–Trinajstić information content (AvgIpc) is 3.25. The minimum atomic E-state index is 0.0525. The van der Waals surface area contributed by atoms with Crippen molar-refractivity contribution in [3.05, 3.63) is 48.3 Å². The zero-order valence-corrected chi connectivity index (χ0v) is 16.8. The second-order valence-corrected chi connectivity index (χ2v) is 7.61. The van der Waals surface area contributed by atoms with Crippen LogP contribution in [0.25, 0.3) is 11.4 Å². The van der Waals surface area contributed by atoms with Gasteiger partial charge in [0.05, 0.1) is 18.3 Å². The SMILES string of the molecule is CN(CC(=O)NC1CCc2nnc(-c3cnn(C)c3)n2CC1)Cc1ccncc1. The van der Waals surface area contributed by atoms with Crippen molar-refractivity contribution >= 4 is 5.91 Å². The number of carbonyl (C=O) groups excluding carboxylic acids is 1. The van der Waals surface area contributed by atoms with Crippen LogP contribution >= 0.6 is 0 Å². The maximum atomic E-state index is 12.5. The molecule has 9 heteroatoms. The molecule has 1 unspecified atom stereocenters. The number of nitrogens with zero attached hydrogens (tertiary/aromatic N) is 7. The molecule has 1 aliphatic rings. The van der Waals surface area contributed by atoms with Gasteiger partial charge in [0, 0.05) is 51.2 Å². The molecule has 0 radical (unpaired) electrons. The van der Waals surface area contributed by atoms with Crippen molar-refractivity contribution in [3.63, 3.8) is 0 Å². The Kier molecular flexibility index (Phi) is 5.66. The molecule has 0 saturated heterocycles. The number of hydrogen-bond donors (Lipinski definition) is 1. The van der Waals surface area contributed by atoms with E-state index < -0.39 is 0 Å². The molecule has 4 rings (SSSR count). The highest BCUT2D eigenvalue weighted by Gasteiger charge is 2.22. The van der Waals surface area contributed by atoms with Crippen LogP contribution in [0.4, 0.5) is 0 Å². The van der Waals surface area contributed by atoms with E-state index in [0.717, 1.165) is 55.1 Å². The summed E-state index contributed by atoms with van der Waals surface area (Å²) >= 11 is 0. The smallest absolute Gasteiger partial charge is 0.234 e. The number of hydrogen-bond acceptors (Lipinski definition) is 6. The molecule has 4 heterocycles. The van der Waals surface area contributed by atoms with Gasteiger partial charge in [-0.05, 0) is 37.6 Å². The predicted octanol–water partition coefficient (Wildman–Crippen LogP) is 1.03. The Balaban J connectivity index is 1.32. The Morgan fingerprint density at radius 3 is 2.86 bits per heavy atom. The molecule has 1 N–H and O–H groups in total. The van der Waals surface area contributed by atoms with Crippen molar-refractivity contribution in [2.24, 2.45) is 7.05 Å². The lowest BCUT2D eigenvalue weighted by Gasteiger charge is -2.20. The molecule has 0 aromatic carbocycles. The van der Waals surface area contributed by atoms with Crippen LogP contribution in [0.5, 0.6) is 0 Å². The number of amides is 1. The largest absolute Gasteiger partial charge is 0.352 e. The van der Waals surface area contributed by atoms with Gasteiger partial charge in [0.15, 0.2) is 5.82 Å². The molecular weight excluding hydrogens is 368 g/mol. The second kappa shape index (κ2) is 8.52. The van der Waals surface area contributed by atoms with Gasteiger partial charge in [-0.2, -0.15) is 5.10 Å². The first-order valence-electron chi connectivity index (χ1n) is 9.86. The fourth-order valence-corrected chi connectivity index (χ4v) is 3.76. The van der Waals surface area contributed by atoms with E-state index in [1.807, 2.05) is 37.3 Å². The minimum Gasteiger partial charge on any atom is -0.352 e. The van der Waals surface area contributed by atoms with Gasteiger partial charge in [-0.15, -0.1) is 10.2 Å². The predicted molar refractivity (Wildman–Crippen MR) is 108 cm³/mol. The van der Waals surface area contributed by atoms with E-state index in [-0.39, 0.29) is 11.9 Å². The van der Waals surface area contributed by atoms with Crippen molar-refractivity contribution in [1.29, 1.82) is 0 Å². The van der Waals surface area contributed by atoms with Crippen LogP contribution in [0.1, 0.15) is 24.2 Å². The van der Waals surface area contributed by atoms with Crippen LogP contribution in [0, 0.1) is 0 Å². The van der Waals surface area contributed by atoms with Gasteiger partial charge in [-0.25, -0.2) is 0 Å². The van der Waals surface area contributed by atoms with Gasteiger partial charge in [0.25, 0.3) is 0 Å². The van der Waals surface area contributed by atoms with Crippen molar-refractivity contribution in [2.45, 2.75) is 38.4 Å². The number of aromatic nitrogens is 6. The highest BCUT2D eigenvalue weighted by atomic mass is 16.2. The van der Waals surface area contributed by atoms with Gasteiger partial charge < -0.3 is 9.88 Å². The maximum Gasteiger partial charge on any atom is 0.234 e. The van der Waals surface area contributed by atoms with Crippen molar-refractivity contribution < 1.29 is 4.79 Å². The van der Waals surface area contributed by atoms with E-state index in [4.69, 9.17) is 0 Å². The summed E-state index contributed by atoms with van der Waals surface area (Å²) in [6, 6.07) is 4.07. The van der Waals surface area contributed by atoms with Gasteiger partial charge in [-0.1, -0.05) is 0 Å². The van der Waals surface area contributed by atoms with E-state index in [2.05, 4.69) is 30.2 Å². The summed E-state index contributed by atoms with van der Waals surface area (Å²) in [4.78, 5) is 18.6. The number of pyridine rings is 1. The molecule has 0 fully saturated rings. The van der Waals surface area contributed by atoms with E-state index >= 15 is 0 Å². The fourth-order valence-electron chi connectivity index (χ4n) is 3.76. The summed E-state index contributed by atoms with van der Waals surface area (Å²) in [6.07, 6.45) is 9.81. The Morgan fingerprint density at radius 2 is 2.10 bits per heavy atom. The van der Waals surface area contributed by atoms with Crippen LogP contribution in [-0.4, -0.2) is 60.0 Å². The summed E-state index contributed by atoms with van der Waals surface area (Å²) in [7, 11) is 3.84. The van der Waals surface area contributed by atoms with E-state index in [1.165, 1.54) is 0 Å². The maximum absolute atomic E-state index is 12.5. The fraction of sp³-hybridized carbons (Fsp3) is 0.450. The minimum absolute atomic E-state index is 0.0525. The monoisotopic (exact) mass is 394 g/mol. The van der Waals surface area contributed by atoms with E-state index in [0.29, 0.717) is 6.54 Å². The van der Waals surface area contributed by atoms with Crippen LogP contribution in [0.2, 0.25) is 0 Å². The molecule has 9 nitrogen and oxygen atoms in total. The Bertz CT molecular complexity index is 964. The van der Waals surface area contributed by atoms with E-state index in [1.54, 1.807) is 23.3 Å². The van der Waals surface area contributed by atoms with Crippen LogP contribution in [-0.2, 0) is 31.4 Å². The number of carbonyl (C=O) groups is 1. The first kappa shape index (κ1) is 19.3. The third-order valence-corrected chi connectivity index (χ3v) is 5.19. The zero-order chi connectivity index (χ0) is 20.2. The summed E-state index contributed by atoms with van der Waals surface area (Å²) in [5.74, 6) is 1.87. The van der Waals surface area contributed by atoms with Gasteiger partial charge in [0.2, 0.25) is 5.91 Å². The Hall–Kier alpha value is -3.07. The molecule has 1 amide bonds. The lowest BCUT2D eigenvalue weighted by atomic mass is 10.1. The number of aryl methyl sites for hydroxylation is 2. The Labute approximate surface area is 169 Å². The lowest BCUT2D eigenvalue weighted by molar-refractivity contribution is -0.122. The summed E-state index contributed by atoms with van der Waals surface area (Å²) in [6.45, 7) is 1.87. The summed E-state index contributed by atoms with van der Waals surface area (Å²) < 4.78 is 3.91. The molecule has 29 heavy (non-hydrogen) atoms. The van der Waals surface area contributed by atoms with Crippen LogP contribution in [0.15, 0.2) is 36.9 Å². The second-order valence-electron chi connectivity index (χ2n) is 7.61. The highest BCUT2D eigenvalue weighted by molar-refractivity contribution is 5.78. The number of fused-ring (bicyclic) bond motifs is 1. The molecule has 0 aliphatic carbocycles. The molecular formula is C20H26N8O. The molecule has 3 aromatic heterocycles. The van der Waals surface area contributed by atoms with Crippen LogP contribution < -0.4 is 5.32 Å². The molecule has 3 aromatic rings. The van der Waals surface area contributed by atoms with Crippen molar-refractivity contribution in [3.8, 4) is 11.4 Å². The number of rotatable bonds is 6. The summed E-state index contributed by atoms with van der Waals surface area (Å²) in [5, 5.41) is 16.1. The first-order valence-corrected chi connectivity index (χ1v) is 9.86. The topological polar surface area (TPSA) is 93.8 Å². The molecule has 1 aliphatic heterocycles. The van der Waals surface area contributed by atoms with Crippen molar-refractivity contribution in [1.82, 2.24) is 39.7 Å². The number of nitrogens with one attached hydrogen (secondary N) is 1. The zero-order valence-electron chi connectivity index (χ0n) is 16.8. The summed E-state index contributed by atoms with van der Waals surface area (Å²) in [5.41, 5.74) is 2.11. The third kappa shape index (κ3) is 4.68. The standard InChI is InChI=1S/C20H26N8O/c1-26(12-15-5-8-21-9-6-15)14-19(29)23-17-3-4-18-24-25-20(28(18)10-7-17)16-11-22-27(2)13-16/h5-6,8-9,11,13,17H,3-4,7,10,12,14H2,1-2H3,(H,23,29). The molecule has 0 bridgehead atoms.